The van der Waals surface area contributed by atoms with Gasteiger partial charge in [-0.3, -0.25) is 18.6 Å². The number of esters is 2. The van der Waals surface area contributed by atoms with Crippen molar-refractivity contribution in [1.82, 2.24) is 21.3 Å². The minimum Gasteiger partial charge on any atom is -0.462 e. The van der Waals surface area contributed by atoms with Gasteiger partial charge in [0.05, 0.1) is 40.0 Å². The van der Waals surface area contributed by atoms with E-state index >= 15 is 0 Å². The molecule has 15 nitrogen and oxygen atoms in total. The molecule has 484 valence electrons. The van der Waals surface area contributed by atoms with Crippen molar-refractivity contribution in [3.8, 4) is 0 Å². The number of ether oxygens (including phenoxy) is 3. The number of phosphoric acid groups is 1. The average molecular weight is 1190 g/mol. The Kier molecular flexibility index (Phi) is 30.6. The van der Waals surface area contributed by atoms with E-state index in [1.807, 2.05) is 21.1 Å². The second kappa shape index (κ2) is 35.8. The second-order valence-electron chi connectivity index (χ2n) is 28.8. The number of carbonyl (C=O) groups excluding carboxylic acids is 2. The second-order valence-corrected chi connectivity index (χ2v) is 30.3. The van der Waals surface area contributed by atoms with Crippen molar-refractivity contribution >= 4 is 19.8 Å². The number of quaternary nitrogens is 1. The van der Waals surface area contributed by atoms with E-state index in [1.54, 1.807) is 0 Å². The quantitative estimate of drug-likeness (QED) is 0.0148. The summed E-state index contributed by atoms with van der Waals surface area (Å²) in [4.78, 5) is 38.0. The van der Waals surface area contributed by atoms with Crippen molar-refractivity contribution < 1.29 is 51.9 Å². The average Bonchev–Trinajstić information content (AvgIpc) is 2.12. The molecule has 6 fully saturated rings. The van der Waals surface area contributed by atoms with Crippen LogP contribution < -0.4 is 21.3 Å². The van der Waals surface area contributed by atoms with E-state index in [4.69, 9.17) is 23.3 Å². The summed E-state index contributed by atoms with van der Waals surface area (Å²) in [6.45, 7) is 19.5. The van der Waals surface area contributed by atoms with Gasteiger partial charge >= 0.3 is 19.8 Å². The van der Waals surface area contributed by atoms with Gasteiger partial charge in [0.15, 0.2) is 6.10 Å². The third kappa shape index (κ3) is 22.0. The lowest BCUT2D eigenvalue weighted by molar-refractivity contribution is -0.870. The van der Waals surface area contributed by atoms with Gasteiger partial charge < -0.3 is 50.0 Å². The number of rotatable bonds is 39. The van der Waals surface area contributed by atoms with Crippen LogP contribution in [-0.2, 0) is 37.4 Å². The molecule has 21 unspecified atom stereocenters. The Hall–Kier alpha value is -1.23. The largest absolute Gasteiger partial charge is 0.472 e. The summed E-state index contributed by atoms with van der Waals surface area (Å²) < 4.78 is 43.0. The maximum Gasteiger partial charge on any atom is 0.472 e. The van der Waals surface area contributed by atoms with Crippen molar-refractivity contribution in [2.24, 2.45) is 53.3 Å². The summed E-state index contributed by atoms with van der Waals surface area (Å²) in [5, 5.41) is 29.1. The van der Waals surface area contributed by atoms with E-state index in [9.17, 15) is 24.2 Å². The molecule has 6 aliphatic rings. The number of nitrogens with zero attached hydrogens (tertiary/aromatic N) is 1. The molecule has 0 spiro atoms. The first-order valence-corrected chi connectivity index (χ1v) is 36.4. The van der Waals surface area contributed by atoms with Gasteiger partial charge in [-0.15, -0.1) is 0 Å². The molecule has 8 bridgehead atoms. The molecule has 16 heteroatoms. The highest BCUT2D eigenvalue weighted by Gasteiger charge is 2.59. The van der Waals surface area contributed by atoms with E-state index < -0.39 is 32.6 Å². The van der Waals surface area contributed by atoms with Crippen LogP contribution in [0.15, 0.2) is 0 Å². The lowest BCUT2D eigenvalue weighted by Crippen LogP contribution is -2.49. The fourth-order valence-corrected chi connectivity index (χ4v) is 17.5. The van der Waals surface area contributed by atoms with E-state index in [-0.39, 0.29) is 86.0 Å². The molecule has 5 saturated heterocycles. The Labute approximate surface area is 506 Å². The number of phosphoric ester groups is 1. The maximum absolute atomic E-state index is 14.2. The van der Waals surface area contributed by atoms with Crippen LogP contribution in [0.4, 0.5) is 0 Å². The molecule has 6 N–H and O–H groups in total. The van der Waals surface area contributed by atoms with Crippen LogP contribution in [-0.4, -0.2) is 147 Å². The van der Waals surface area contributed by atoms with Crippen molar-refractivity contribution in [3.05, 3.63) is 0 Å². The maximum atomic E-state index is 14.2. The van der Waals surface area contributed by atoms with E-state index in [1.165, 1.54) is 109 Å². The van der Waals surface area contributed by atoms with Gasteiger partial charge in [-0.1, -0.05) is 177 Å². The topological polar surface area (TPSA) is 186 Å². The van der Waals surface area contributed by atoms with Crippen LogP contribution in [0.3, 0.4) is 0 Å². The predicted octanol–water partition coefficient (Wildman–Crippen LogP) is 12.4. The number of fused-ring (bicyclic) bond motifs is 8. The van der Waals surface area contributed by atoms with Gasteiger partial charge in [0.1, 0.15) is 19.8 Å². The van der Waals surface area contributed by atoms with Crippen LogP contribution >= 0.6 is 7.82 Å². The van der Waals surface area contributed by atoms with Gasteiger partial charge in [-0.05, 0) is 93.3 Å². The molecular weight excluding hydrogens is 1070 g/mol. The third-order valence-corrected chi connectivity index (χ3v) is 22.7. The number of nitrogens with one attached hydrogen (secondary N) is 4. The molecular formula is C67H127N5O10P+. The van der Waals surface area contributed by atoms with Gasteiger partial charge in [0.25, 0.3) is 0 Å². The lowest BCUT2D eigenvalue weighted by Gasteiger charge is -2.32. The first-order valence-electron chi connectivity index (χ1n) is 34.9. The minimum atomic E-state index is -4.51. The molecule has 6 rings (SSSR count). The Morgan fingerprint density at radius 2 is 1.08 bits per heavy atom. The number of unbranched alkanes of at least 4 members (excludes halogenated alkanes) is 19. The number of aliphatic hydroxyl groups is 1. The SMILES string of the molecule is CCCCCCCCCCCCCCCC(=O)OCC(COP(=O)(O)OCC[N+](C)(C)C)OC(=O)CCC1C(C)C2CC3NC(CC4NC(CC5NC6C(CC(O)C6C5C)C1N2)C(CC)C4C)C(C(C)OCCCCCCCCCC)C3C. The fourth-order valence-electron chi connectivity index (χ4n) is 16.8. The van der Waals surface area contributed by atoms with Crippen LogP contribution in [0.25, 0.3) is 0 Å². The van der Waals surface area contributed by atoms with Crippen molar-refractivity contribution in [2.75, 3.05) is 54.1 Å². The molecule has 0 amide bonds. The standard InChI is InChI=1S/C67H126N5O10P/c1-12-15-17-19-21-23-24-25-26-27-28-30-32-34-62(74)79-44-51(45-81-83(76,77)80-39-37-72(9,10)11)82-63(75)36-35-53-47(5)56-41-57-48(6)64(50(8)78-38-33-31-29-22-20-18-16-13-2)60(69-57)43-55-46(4)52(14-3)59(68-55)42-58-49(7)65-61(73)40-54(66(53)70-56)67(65)71-58/h46-61,64-71,73H,12-45H2,1-11H3/p+1. The first-order chi connectivity index (χ1) is 39.7. The molecule has 0 radical (unpaired) electrons. The monoisotopic (exact) mass is 1190 g/mol. The zero-order chi connectivity index (χ0) is 60.1. The Morgan fingerprint density at radius 3 is 1.70 bits per heavy atom. The molecule has 5 aliphatic heterocycles. The highest BCUT2D eigenvalue weighted by atomic mass is 31.2. The molecule has 21 atom stereocenters. The number of likely N-dealkylation sites (N-methyl/N-ethyl adjacent to an activating group) is 1. The predicted molar refractivity (Wildman–Crippen MR) is 335 cm³/mol. The summed E-state index contributed by atoms with van der Waals surface area (Å²) in [5.74, 6) is 2.10. The lowest BCUT2D eigenvalue weighted by atomic mass is 9.76. The molecule has 1 saturated carbocycles. The smallest absolute Gasteiger partial charge is 0.462 e. The van der Waals surface area contributed by atoms with Crippen LogP contribution in [0.1, 0.15) is 242 Å². The van der Waals surface area contributed by atoms with E-state index in [0.717, 1.165) is 51.6 Å². The minimum absolute atomic E-state index is 0.000933. The highest BCUT2D eigenvalue weighted by molar-refractivity contribution is 7.47. The normalized spacial score (nSPS) is 34.7. The summed E-state index contributed by atoms with van der Waals surface area (Å²) in [5.41, 5.74) is 0. The van der Waals surface area contributed by atoms with Crippen LogP contribution in [0, 0.1) is 53.3 Å². The number of carbonyl (C=O) groups is 2. The molecule has 0 aromatic rings. The van der Waals surface area contributed by atoms with Gasteiger partial charge in [0.2, 0.25) is 0 Å². The van der Waals surface area contributed by atoms with Crippen molar-refractivity contribution in [3.63, 3.8) is 0 Å². The van der Waals surface area contributed by atoms with Crippen molar-refractivity contribution in [1.29, 1.82) is 0 Å². The summed E-state index contributed by atoms with van der Waals surface area (Å²) >= 11 is 0. The zero-order valence-corrected chi connectivity index (χ0v) is 55.5. The molecule has 0 aromatic carbocycles. The Balaban J connectivity index is 1.11. The summed E-state index contributed by atoms with van der Waals surface area (Å²) in [6, 6.07) is 2.16. The fraction of sp³-hybridized carbons (Fsp3) is 0.970. The van der Waals surface area contributed by atoms with E-state index in [2.05, 4.69) is 76.7 Å². The molecule has 1 aliphatic carbocycles. The molecule has 83 heavy (non-hydrogen) atoms. The van der Waals surface area contributed by atoms with Crippen LogP contribution in [0.5, 0.6) is 0 Å². The number of aliphatic hydroxyl groups excluding tert-OH is 1. The third-order valence-electron chi connectivity index (χ3n) is 21.8. The Morgan fingerprint density at radius 1 is 0.566 bits per heavy atom. The highest BCUT2D eigenvalue weighted by Crippen LogP contribution is 2.51. The zero-order valence-electron chi connectivity index (χ0n) is 54.6. The number of hydrogen-bond donors (Lipinski definition) is 6. The van der Waals surface area contributed by atoms with Crippen molar-refractivity contribution in [2.45, 2.75) is 308 Å². The van der Waals surface area contributed by atoms with Crippen LogP contribution in [0.2, 0.25) is 0 Å². The first kappa shape index (κ1) is 70.9. The van der Waals surface area contributed by atoms with Gasteiger partial charge in [-0.2, -0.15) is 0 Å². The Bertz CT molecular complexity index is 1900. The van der Waals surface area contributed by atoms with Gasteiger partial charge in [0, 0.05) is 79.6 Å². The summed E-state index contributed by atoms with van der Waals surface area (Å²) in [6.07, 6.45) is 30.5. The van der Waals surface area contributed by atoms with E-state index in [0.29, 0.717) is 84.0 Å². The number of hydrogen-bond acceptors (Lipinski definition) is 13. The molecule has 5 heterocycles. The summed E-state index contributed by atoms with van der Waals surface area (Å²) in [7, 11) is 1.38. The van der Waals surface area contributed by atoms with Gasteiger partial charge in [-0.25, -0.2) is 4.57 Å². The molecule has 0 aromatic heterocycles.